The summed E-state index contributed by atoms with van der Waals surface area (Å²) in [7, 11) is 0. The molecule has 1 N–H and O–H groups in total. The molecule has 2 aromatic heterocycles. The van der Waals surface area contributed by atoms with Crippen LogP contribution in [0.4, 0.5) is 11.6 Å². The summed E-state index contributed by atoms with van der Waals surface area (Å²) in [6, 6.07) is 15.3. The highest BCUT2D eigenvalue weighted by molar-refractivity contribution is 7.13. The van der Waals surface area contributed by atoms with Crippen LogP contribution in [0.1, 0.15) is 18.5 Å². The van der Waals surface area contributed by atoms with E-state index < -0.39 is 0 Å². The Kier molecular flexibility index (Phi) is 5.53. The third-order valence-electron chi connectivity index (χ3n) is 5.18. The number of halogens is 1. The molecule has 0 atom stereocenters. The summed E-state index contributed by atoms with van der Waals surface area (Å²) >= 11 is 7.58. The van der Waals surface area contributed by atoms with Gasteiger partial charge in [-0.3, -0.25) is 4.79 Å². The summed E-state index contributed by atoms with van der Waals surface area (Å²) in [6.07, 6.45) is 2.41. The standard InChI is InChI=1S/C23H20ClN5OS/c24-16-7-5-6-15(12-16)23-25-17(14-31-23)13-20(30)28-21-22(29-10-3-4-11-29)27-19-9-2-1-8-18(19)26-21/h1-2,5-9,12,14H,3-4,10-11,13H2,(H,26,28,30). The van der Waals surface area contributed by atoms with Gasteiger partial charge in [-0.05, 0) is 37.1 Å². The zero-order valence-corrected chi connectivity index (χ0v) is 18.3. The minimum atomic E-state index is -0.159. The van der Waals surface area contributed by atoms with E-state index in [2.05, 4.69) is 15.2 Å². The monoisotopic (exact) mass is 449 g/mol. The largest absolute Gasteiger partial charge is 0.354 e. The molecule has 5 rings (SSSR count). The SMILES string of the molecule is O=C(Cc1csc(-c2cccc(Cl)c2)n1)Nc1nc2ccccc2nc1N1CCCC1. The van der Waals surface area contributed by atoms with Crippen molar-refractivity contribution in [3.8, 4) is 10.6 Å². The van der Waals surface area contributed by atoms with Crippen LogP contribution in [0.15, 0.2) is 53.9 Å². The highest BCUT2D eigenvalue weighted by Gasteiger charge is 2.21. The normalized spacial score (nSPS) is 13.6. The smallest absolute Gasteiger partial charge is 0.231 e. The number of carbonyl (C=O) groups excluding carboxylic acids is 1. The van der Waals surface area contributed by atoms with Crippen molar-refractivity contribution in [3.63, 3.8) is 0 Å². The van der Waals surface area contributed by atoms with Crippen molar-refractivity contribution in [2.75, 3.05) is 23.3 Å². The summed E-state index contributed by atoms with van der Waals surface area (Å²) in [4.78, 5) is 29.1. The molecule has 1 fully saturated rings. The first-order chi connectivity index (χ1) is 15.2. The van der Waals surface area contributed by atoms with Crippen LogP contribution in [0.2, 0.25) is 5.02 Å². The molecule has 1 aliphatic rings. The van der Waals surface area contributed by atoms with E-state index in [1.165, 1.54) is 11.3 Å². The van der Waals surface area contributed by atoms with Crippen LogP contribution < -0.4 is 10.2 Å². The number of hydrogen-bond donors (Lipinski definition) is 1. The van der Waals surface area contributed by atoms with Crippen LogP contribution in [0.3, 0.4) is 0 Å². The molecular weight excluding hydrogens is 430 g/mol. The van der Waals surface area contributed by atoms with Crippen LogP contribution in [0, 0.1) is 0 Å². The fraction of sp³-hybridized carbons (Fsp3) is 0.217. The van der Waals surface area contributed by atoms with E-state index in [1.54, 1.807) is 0 Å². The Hall–Kier alpha value is -3.03. The number of para-hydroxylation sites is 2. The average molecular weight is 450 g/mol. The van der Waals surface area contributed by atoms with E-state index in [-0.39, 0.29) is 12.3 Å². The first-order valence-electron chi connectivity index (χ1n) is 10.2. The van der Waals surface area contributed by atoms with Gasteiger partial charge in [0.1, 0.15) is 5.01 Å². The quantitative estimate of drug-likeness (QED) is 0.454. The number of aromatic nitrogens is 3. The van der Waals surface area contributed by atoms with E-state index in [4.69, 9.17) is 21.6 Å². The van der Waals surface area contributed by atoms with E-state index in [0.717, 1.165) is 53.4 Å². The van der Waals surface area contributed by atoms with Crippen LogP contribution in [-0.2, 0) is 11.2 Å². The van der Waals surface area contributed by atoms with Crippen molar-refractivity contribution in [1.82, 2.24) is 15.0 Å². The Balaban J connectivity index is 1.37. The predicted octanol–water partition coefficient (Wildman–Crippen LogP) is 5.19. The maximum Gasteiger partial charge on any atom is 0.231 e. The minimum Gasteiger partial charge on any atom is -0.354 e. The lowest BCUT2D eigenvalue weighted by Crippen LogP contribution is -2.24. The Morgan fingerprint density at radius 3 is 2.58 bits per heavy atom. The number of anilines is 2. The van der Waals surface area contributed by atoms with Gasteiger partial charge in [0.15, 0.2) is 11.6 Å². The number of nitrogens with one attached hydrogen (secondary N) is 1. The fourth-order valence-corrected chi connectivity index (χ4v) is 4.71. The number of amides is 1. The molecule has 4 aromatic rings. The third kappa shape index (κ3) is 4.38. The van der Waals surface area contributed by atoms with Gasteiger partial charge in [-0.25, -0.2) is 15.0 Å². The number of hydrogen-bond acceptors (Lipinski definition) is 6. The number of rotatable bonds is 5. The Morgan fingerprint density at radius 2 is 1.81 bits per heavy atom. The second-order valence-corrected chi connectivity index (χ2v) is 8.75. The zero-order chi connectivity index (χ0) is 21.2. The third-order valence-corrected chi connectivity index (χ3v) is 6.36. The van der Waals surface area contributed by atoms with Crippen molar-refractivity contribution in [3.05, 3.63) is 64.6 Å². The van der Waals surface area contributed by atoms with Gasteiger partial charge in [0, 0.05) is 29.1 Å². The molecule has 31 heavy (non-hydrogen) atoms. The van der Waals surface area contributed by atoms with E-state index in [1.807, 2.05) is 53.9 Å². The molecule has 8 heteroatoms. The molecular formula is C23H20ClN5OS. The number of carbonyl (C=O) groups is 1. The molecule has 1 amide bonds. The summed E-state index contributed by atoms with van der Waals surface area (Å²) < 4.78 is 0. The van der Waals surface area contributed by atoms with Crippen LogP contribution in [0.25, 0.3) is 21.6 Å². The molecule has 6 nitrogen and oxygen atoms in total. The number of benzene rings is 2. The fourth-order valence-electron chi connectivity index (χ4n) is 3.71. The van der Waals surface area contributed by atoms with Gasteiger partial charge < -0.3 is 10.2 Å². The Bertz CT molecular complexity index is 1250. The van der Waals surface area contributed by atoms with E-state index >= 15 is 0 Å². The van der Waals surface area contributed by atoms with Gasteiger partial charge in [0.25, 0.3) is 0 Å². The lowest BCUT2D eigenvalue weighted by atomic mass is 10.2. The second-order valence-electron chi connectivity index (χ2n) is 7.46. The lowest BCUT2D eigenvalue weighted by Gasteiger charge is -2.20. The van der Waals surface area contributed by atoms with Crippen LogP contribution in [-0.4, -0.2) is 33.9 Å². The molecule has 0 saturated carbocycles. The number of fused-ring (bicyclic) bond motifs is 1. The molecule has 2 aromatic carbocycles. The van der Waals surface area contributed by atoms with E-state index in [9.17, 15) is 4.79 Å². The van der Waals surface area contributed by atoms with Crippen molar-refractivity contribution in [2.24, 2.45) is 0 Å². The van der Waals surface area contributed by atoms with E-state index in [0.29, 0.717) is 16.5 Å². The van der Waals surface area contributed by atoms with Gasteiger partial charge in [-0.1, -0.05) is 35.9 Å². The van der Waals surface area contributed by atoms with Crippen molar-refractivity contribution in [2.45, 2.75) is 19.3 Å². The Labute approximate surface area is 188 Å². The molecule has 3 heterocycles. The van der Waals surface area contributed by atoms with Gasteiger partial charge in [0.05, 0.1) is 23.1 Å². The van der Waals surface area contributed by atoms with Gasteiger partial charge in [-0.15, -0.1) is 11.3 Å². The average Bonchev–Trinajstić information content (AvgIpc) is 3.46. The molecule has 0 unspecified atom stereocenters. The summed E-state index contributed by atoms with van der Waals surface area (Å²) in [5.41, 5.74) is 3.25. The topological polar surface area (TPSA) is 71.0 Å². The van der Waals surface area contributed by atoms with Crippen molar-refractivity contribution in [1.29, 1.82) is 0 Å². The first-order valence-corrected chi connectivity index (χ1v) is 11.4. The summed E-state index contributed by atoms with van der Waals surface area (Å²) in [6.45, 7) is 1.84. The maximum atomic E-state index is 12.8. The molecule has 0 radical (unpaired) electrons. The van der Waals surface area contributed by atoms with Crippen molar-refractivity contribution >= 4 is 51.5 Å². The summed E-state index contributed by atoms with van der Waals surface area (Å²) in [5.74, 6) is 1.09. The zero-order valence-electron chi connectivity index (χ0n) is 16.7. The Morgan fingerprint density at radius 1 is 1.03 bits per heavy atom. The number of thiazole rings is 1. The molecule has 1 aliphatic heterocycles. The molecule has 0 spiro atoms. The second kappa shape index (κ2) is 8.61. The highest BCUT2D eigenvalue weighted by Crippen LogP contribution is 2.29. The highest BCUT2D eigenvalue weighted by atomic mass is 35.5. The predicted molar refractivity (Wildman–Crippen MR) is 126 cm³/mol. The number of nitrogens with zero attached hydrogens (tertiary/aromatic N) is 4. The lowest BCUT2D eigenvalue weighted by molar-refractivity contribution is -0.115. The summed E-state index contributed by atoms with van der Waals surface area (Å²) in [5, 5.41) is 6.39. The van der Waals surface area contributed by atoms with Crippen molar-refractivity contribution < 1.29 is 4.79 Å². The maximum absolute atomic E-state index is 12.8. The van der Waals surface area contributed by atoms with Gasteiger partial charge >= 0.3 is 0 Å². The molecule has 156 valence electrons. The molecule has 1 saturated heterocycles. The van der Waals surface area contributed by atoms with Crippen LogP contribution >= 0.6 is 22.9 Å². The molecule has 0 bridgehead atoms. The molecule has 0 aliphatic carbocycles. The minimum absolute atomic E-state index is 0.159. The first kappa shape index (κ1) is 19.9. The van der Waals surface area contributed by atoms with Crippen LogP contribution in [0.5, 0.6) is 0 Å². The van der Waals surface area contributed by atoms with Gasteiger partial charge in [0.2, 0.25) is 5.91 Å². The van der Waals surface area contributed by atoms with Gasteiger partial charge in [-0.2, -0.15) is 0 Å².